The van der Waals surface area contributed by atoms with Crippen LogP contribution in [-0.2, 0) is 13.6 Å². The standard InChI is InChI=1S/C11H13BrClO4P/c1-16-18(15,17-2)11(14)7-10(13)8-3-5-9(12)6-4-8/h3-7,11,14H,1-2H3/b10-7-. The zero-order valence-electron chi connectivity index (χ0n) is 9.84. The highest BCUT2D eigenvalue weighted by atomic mass is 79.9. The van der Waals surface area contributed by atoms with Crippen LogP contribution in [0, 0.1) is 0 Å². The maximum atomic E-state index is 11.9. The molecule has 0 saturated carbocycles. The zero-order valence-corrected chi connectivity index (χ0v) is 13.1. The molecule has 7 heteroatoms. The van der Waals surface area contributed by atoms with E-state index in [0.29, 0.717) is 5.56 Å². The molecule has 1 atom stereocenters. The first-order chi connectivity index (χ1) is 8.42. The molecule has 0 aromatic heterocycles. The number of aliphatic hydroxyl groups excluding tert-OH is 1. The van der Waals surface area contributed by atoms with Crippen molar-refractivity contribution in [3.05, 3.63) is 40.4 Å². The van der Waals surface area contributed by atoms with E-state index in [1.165, 1.54) is 20.3 Å². The summed E-state index contributed by atoms with van der Waals surface area (Å²) in [7, 11) is -1.16. The predicted octanol–water partition coefficient (Wildman–Crippen LogP) is 3.83. The van der Waals surface area contributed by atoms with E-state index >= 15 is 0 Å². The third kappa shape index (κ3) is 3.92. The fourth-order valence-electron chi connectivity index (χ4n) is 1.22. The van der Waals surface area contributed by atoms with Gasteiger partial charge in [-0.05, 0) is 23.8 Å². The van der Waals surface area contributed by atoms with Crippen molar-refractivity contribution in [1.29, 1.82) is 0 Å². The minimum absolute atomic E-state index is 0.268. The van der Waals surface area contributed by atoms with Crippen molar-refractivity contribution in [1.82, 2.24) is 0 Å². The van der Waals surface area contributed by atoms with Gasteiger partial charge in [0.2, 0.25) is 0 Å². The molecule has 0 radical (unpaired) electrons. The SMILES string of the molecule is COP(=O)(OC)C(O)/C=C(\Cl)c1ccc(Br)cc1. The summed E-state index contributed by atoms with van der Waals surface area (Å²) >= 11 is 9.33. The van der Waals surface area contributed by atoms with Gasteiger partial charge in [0, 0.05) is 23.7 Å². The van der Waals surface area contributed by atoms with Crippen LogP contribution in [0.2, 0.25) is 0 Å². The van der Waals surface area contributed by atoms with Crippen molar-refractivity contribution in [2.75, 3.05) is 14.2 Å². The summed E-state index contributed by atoms with van der Waals surface area (Å²) in [6.07, 6.45) is 1.23. The van der Waals surface area contributed by atoms with Gasteiger partial charge in [-0.15, -0.1) is 0 Å². The minimum atomic E-state index is -3.57. The van der Waals surface area contributed by atoms with E-state index in [9.17, 15) is 9.67 Å². The Balaban J connectivity index is 2.96. The molecule has 1 aromatic carbocycles. The molecular weight excluding hydrogens is 342 g/mol. The Morgan fingerprint density at radius 2 is 1.89 bits per heavy atom. The summed E-state index contributed by atoms with van der Waals surface area (Å²) < 4.78 is 22.1. The van der Waals surface area contributed by atoms with Crippen molar-refractivity contribution < 1.29 is 18.7 Å². The maximum Gasteiger partial charge on any atom is 0.362 e. The van der Waals surface area contributed by atoms with Crippen molar-refractivity contribution in [2.24, 2.45) is 0 Å². The van der Waals surface area contributed by atoms with E-state index in [-0.39, 0.29) is 5.03 Å². The van der Waals surface area contributed by atoms with Gasteiger partial charge in [-0.25, -0.2) is 0 Å². The average Bonchev–Trinajstić information content (AvgIpc) is 2.38. The Morgan fingerprint density at radius 3 is 2.33 bits per heavy atom. The van der Waals surface area contributed by atoms with Crippen LogP contribution in [0.25, 0.3) is 5.03 Å². The summed E-state index contributed by atoms with van der Waals surface area (Å²) in [4.78, 5) is 0. The Hall–Kier alpha value is -0.160. The molecule has 0 aliphatic carbocycles. The first-order valence-corrected chi connectivity index (χ1v) is 7.73. The van der Waals surface area contributed by atoms with Crippen LogP contribution in [0.4, 0.5) is 0 Å². The molecule has 0 spiro atoms. The van der Waals surface area contributed by atoms with E-state index in [1.54, 1.807) is 12.1 Å². The Kier molecular flexibility index (Phi) is 6.05. The predicted molar refractivity (Wildman–Crippen MR) is 75.6 cm³/mol. The number of hydrogen-bond acceptors (Lipinski definition) is 4. The van der Waals surface area contributed by atoms with Gasteiger partial charge in [0.1, 0.15) is 0 Å². The molecule has 100 valence electrons. The smallest absolute Gasteiger partial charge is 0.362 e. The molecule has 18 heavy (non-hydrogen) atoms. The second-order valence-electron chi connectivity index (χ2n) is 3.34. The van der Waals surface area contributed by atoms with Gasteiger partial charge < -0.3 is 14.2 Å². The Labute approximate surface area is 119 Å². The first-order valence-electron chi connectivity index (χ1n) is 4.95. The van der Waals surface area contributed by atoms with E-state index in [0.717, 1.165) is 4.47 Å². The molecular formula is C11H13BrClO4P. The third-order valence-electron chi connectivity index (χ3n) is 2.25. The Morgan fingerprint density at radius 1 is 1.39 bits per heavy atom. The van der Waals surface area contributed by atoms with Crippen LogP contribution >= 0.6 is 35.1 Å². The summed E-state index contributed by atoms with van der Waals surface area (Å²) in [6.45, 7) is 0. The molecule has 0 bridgehead atoms. The molecule has 1 aromatic rings. The Bertz CT molecular complexity index is 466. The average molecular weight is 356 g/mol. The molecule has 4 nitrogen and oxygen atoms in total. The minimum Gasteiger partial charge on any atom is -0.377 e. The lowest BCUT2D eigenvalue weighted by Gasteiger charge is -2.17. The van der Waals surface area contributed by atoms with Gasteiger partial charge >= 0.3 is 7.60 Å². The van der Waals surface area contributed by atoms with Crippen LogP contribution in [0.3, 0.4) is 0 Å². The van der Waals surface area contributed by atoms with Gasteiger partial charge in [0.05, 0.1) is 0 Å². The normalized spacial score (nSPS) is 14.6. The fraction of sp³-hybridized carbons (Fsp3) is 0.273. The van der Waals surface area contributed by atoms with Crippen molar-refractivity contribution in [2.45, 2.75) is 5.85 Å². The highest BCUT2D eigenvalue weighted by Gasteiger charge is 2.30. The topological polar surface area (TPSA) is 55.8 Å². The van der Waals surface area contributed by atoms with Crippen molar-refractivity contribution >= 4 is 40.2 Å². The van der Waals surface area contributed by atoms with Crippen LogP contribution in [0.1, 0.15) is 5.56 Å². The monoisotopic (exact) mass is 354 g/mol. The second-order valence-corrected chi connectivity index (χ2v) is 7.00. The molecule has 0 amide bonds. The molecule has 1 unspecified atom stereocenters. The van der Waals surface area contributed by atoms with Gasteiger partial charge in [-0.1, -0.05) is 39.7 Å². The molecule has 0 saturated heterocycles. The quantitative estimate of drug-likeness (QED) is 0.816. The zero-order chi connectivity index (χ0) is 13.8. The molecule has 1 rings (SSSR count). The lowest BCUT2D eigenvalue weighted by Crippen LogP contribution is -2.07. The van der Waals surface area contributed by atoms with Crippen LogP contribution in [0.15, 0.2) is 34.8 Å². The lowest BCUT2D eigenvalue weighted by atomic mass is 10.2. The summed E-state index contributed by atoms with van der Waals surface area (Å²) in [5, 5.41) is 10.0. The fourth-order valence-corrected chi connectivity index (χ4v) is 2.73. The van der Waals surface area contributed by atoms with E-state index in [2.05, 4.69) is 25.0 Å². The largest absolute Gasteiger partial charge is 0.377 e. The van der Waals surface area contributed by atoms with Gasteiger partial charge in [0.15, 0.2) is 5.85 Å². The first kappa shape index (κ1) is 15.9. The number of rotatable bonds is 5. The number of halogens is 2. The highest BCUT2D eigenvalue weighted by molar-refractivity contribution is 9.10. The lowest BCUT2D eigenvalue weighted by molar-refractivity contribution is 0.201. The molecule has 1 N–H and O–H groups in total. The third-order valence-corrected chi connectivity index (χ3v) is 4.94. The molecule has 0 aliphatic rings. The van der Waals surface area contributed by atoms with Crippen molar-refractivity contribution in [3.63, 3.8) is 0 Å². The highest BCUT2D eigenvalue weighted by Crippen LogP contribution is 2.51. The van der Waals surface area contributed by atoms with E-state index in [1.807, 2.05) is 12.1 Å². The number of benzene rings is 1. The number of hydrogen-bond donors (Lipinski definition) is 1. The molecule has 0 aliphatic heterocycles. The summed E-state index contributed by atoms with van der Waals surface area (Å²) in [6, 6.07) is 7.15. The van der Waals surface area contributed by atoms with Crippen LogP contribution in [0.5, 0.6) is 0 Å². The maximum absolute atomic E-state index is 11.9. The van der Waals surface area contributed by atoms with Crippen LogP contribution < -0.4 is 0 Å². The summed E-state index contributed by atoms with van der Waals surface area (Å²) in [5.41, 5.74) is 0.692. The van der Waals surface area contributed by atoms with Gasteiger partial charge in [-0.2, -0.15) is 0 Å². The number of aliphatic hydroxyl groups is 1. The van der Waals surface area contributed by atoms with E-state index in [4.69, 9.17) is 11.6 Å². The van der Waals surface area contributed by atoms with Crippen LogP contribution in [-0.4, -0.2) is 25.2 Å². The summed E-state index contributed by atoms with van der Waals surface area (Å²) in [5.74, 6) is -1.41. The molecule has 0 fully saturated rings. The van der Waals surface area contributed by atoms with E-state index < -0.39 is 13.4 Å². The molecule has 0 heterocycles. The van der Waals surface area contributed by atoms with Crippen molar-refractivity contribution in [3.8, 4) is 0 Å². The van der Waals surface area contributed by atoms with Gasteiger partial charge in [-0.3, -0.25) is 4.57 Å². The second kappa shape index (κ2) is 6.85. The van der Waals surface area contributed by atoms with Gasteiger partial charge in [0.25, 0.3) is 0 Å².